The van der Waals surface area contributed by atoms with E-state index in [0.29, 0.717) is 17.7 Å². The van der Waals surface area contributed by atoms with E-state index in [0.717, 1.165) is 21.3 Å². The molecule has 2 aromatic carbocycles. The SMILES string of the molecule is Cc1c(Br)cccc1C(=O)NC1CC(C)(C)Oc2ccc(N)cc21.Cl. The van der Waals surface area contributed by atoms with Crippen molar-refractivity contribution in [2.45, 2.75) is 38.8 Å². The highest BCUT2D eigenvalue weighted by molar-refractivity contribution is 9.10. The summed E-state index contributed by atoms with van der Waals surface area (Å²) in [7, 11) is 0. The lowest BCUT2D eigenvalue weighted by atomic mass is 9.89. The third-order valence-corrected chi connectivity index (χ3v) is 5.17. The first-order chi connectivity index (χ1) is 11.3. The van der Waals surface area contributed by atoms with Crippen molar-refractivity contribution >= 4 is 39.9 Å². The van der Waals surface area contributed by atoms with E-state index in [1.54, 1.807) is 0 Å². The van der Waals surface area contributed by atoms with Gasteiger partial charge in [0.2, 0.25) is 0 Å². The van der Waals surface area contributed by atoms with Crippen LogP contribution in [-0.4, -0.2) is 11.5 Å². The average Bonchev–Trinajstić information content (AvgIpc) is 2.50. The van der Waals surface area contributed by atoms with Gasteiger partial charge in [-0.05, 0) is 56.7 Å². The van der Waals surface area contributed by atoms with Crippen LogP contribution in [-0.2, 0) is 0 Å². The van der Waals surface area contributed by atoms with Gasteiger partial charge < -0.3 is 15.8 Å². The molecular weight excluding hydrogens is 404 g/mol. The Kier molecular flexibility index (Phi) is 5.69. The molecule has 3 N–H and O–H groups in total. The van der Waals surface area contributed by atoms with E-state index in [-0.39, 0.29) is 30.0 Å². The molecule has 1 heterocycles. The standard InChI is InChI=1S/C19H21BrN2O2.ClH/c1-11-13(5-4-6-15(11)20)18(23)22-16-10-19(2,3)24-17-8-7-12(21)9-14(16)17;/h4-9,16H,10,21H2,1-3H3,(H,22,23);1H. The maximum absolute atomic E-state index is 12.8. The lowest BCUT2D eigenvalue weighted by molar-refractivity contribution is 0.0620. The van der Waals surface area contributed by atoms with Crippen LogP contribution in [0.3, 0.4) is 0 Å². The second-order valence-electron chi connectivity index (χ2n) is 6.80. The van der Waals surface area contributed by atoms with Crippen molar-refractivity contribution in [1.29, 1.82) is 0 Å². The van der Waals surface area contributed by atoms with Crippen molar-refractivity contribution in [3.05, 3.63) is 57.6 Å². The number of rotatable bonds is 2. The zero-order valence-electron chi connectivity index (χ0n) is 14.4. The number of fused-ring (bicyclic) bond motifs is 1. The van der Waals surface area contributed by atoms with Crippen LogP contribution in [0.5, 0.6) is 5.75 Å². The molecule has 0 bridgehead atoms. The first-order valence-corrected chi connectivity index (χ1v) is 8.70. The molecular formula is C19H22BrClN2O2. The van der Waals surface area contributed by atoms with Crippen LogP contribution >= 0.6 is 28.3 Å². The number of hydrogen-bond donors (Lipinski definition) is 2. The summed E-state index contributed by atoms with van der Waals surface area (Å²) in [5.41, 5.74) is 8.75. The molecule has 1 aliphatic heterocycles. The molecule has 4 nitrogen and oxygen atoms in total. The van der Waals surface area contributed by atoms with Gasteiger partial charge in [-0.3, -0.25) is 4.79 Å². The number of nitrogen functional groups attached to an aromatic ring is 1. The zero-order valence-corrected chi connectivity index (χ0v) is 16.8. The number of nitrogens with two attached hydrogens (primary N) is 1. The Labute approximate surface area is 162 Å². The predicted molar refractivity (Wildman–Crippen MR) is 107 cm³/mol. The van der Waals surface area contributed by atoms with Crippen LogP contribution in [0.1, 0.15) is 47.8 Å². The number of anilines is 1. The van der Waals surface area contributed by atoms with Crippen LogP contribution < -0.4 is 15.8 Å². The fourth-order valence-corrected chi connectivity index (χ4v) is 3.46. The molecule has 0 saturated heterocycles. The van der Waals surface area contributed by atoms with Crippen molar-refractivity contribution in [2.24, 2.45) is 0 Å². The normalized spacial score (nSPS) is 17.7. The summed E-state index contributed by atoms with van der Waals surface area (Å²) < 4.78 is 6.94. The first kappa shape index (κ1) is 19.6. The van der Waals surface area contributed by atoms with Crippen LogP contribution in [0, 0.1) is 6.92 Å². The van der Waals surface area contributed by atoms with Gasteiger partial charge in [-0.25, -0.2) is 0 Å². The van der Waals surface area contributed by atoms with E-state index in [4.69, 9.17) is 10.5 Å². The summed E-state index contributed by atoms with van der Waals surface area (Å²) in [5, 5.41) is 3.15. The van der Waals surface area contributed by atoms with E-state index in [9.17, 15) is 4.79 Å². The van der Waals surface area contributed by atoms with Gasteiger partial charge in [-0.15, -0.1) is 12.4 Å². The Morgan fingerprint density at radius 3 is 2.76 bits per heavy atom. The van der Waals surface area contributed by atoms with E-state index in [2.05, 4.69) is 21.2 Å². The van der Waals surface area contributed by atoms with Crippen LogP contribution in [0.4, 0.5) is 5.69 Å². The minimum atomic E-state index is -0.354. The molecule has 25 heavy (non-hydrogen) atoms. The highest BCUT2D eigenvalue weighted by Gasteiger charge is 2.35. The molecule has 1 amide bonds. The number of carbonyl (C=O) groups is 1. The molecule has 134 valence electrons. The highest BCUT2D eigenvalue weighted by Crippen LogP contribution is 2.40. The fraction of sp³-hybridized carbons (Fsp3) is 0.316. The Balaban J connectivity index is 0.00000225. The summed E-state index contributed by atoms with van der Waals surface area (Å²) in [6.07, 6.45) is 0.683. The van der Waals surface area contributed by atoms with Gasteiger partial charge in [0.15, 0.2) is 0 Å². The minimum absolute atomic E-state index is 0. The zero-order chi connectivity index (χ0) is 17.5. The van der Waals surface area contributed by atoms with Gasteiger partial charge in [0, 0.05) is 27.7 Å². The van der Waals surface area contributed by atoms with Gasteiger partial charge in [0.25, 0.3) is 5.91 Å². The van der Waals surface area contributed by atoms with Gasteiger partial charge in [-0.2, -0.15) is 0 Å². The van der Waals surface area contributed by atoms with E-state index < -0.39 is 0 Å². The second kappa shape index (κ2) is 7.26. The predicted octanol–water partition coefficient (Wildman–Crippen LogP) is 4.79. The van der Waals surface area contributed by atoms with Crippen molar-refractivity contribution < 1.29 is 9.53 Å². The van der Waals surface area contributed by atoms with Crippen molar-refractivity contribution in [2.75, 3.05) is 5.73 Å². The number of amides is 1. The second-order valence-corrected chi connectivity index (χ2v) is 7.66. The Hall–Kier alpha value is -1.72. The number of hydrogen-bond acceptors (Lipinski definition) is 3. The Bertz CT molecular complexity index is 808. The Morgan fingerprint density at radius 2 is 2.04 bits per heavy atom. The molecule has 0 spiro atoms. The minimum Gasteiger partial charge on any atom is -0.487 e. The molecule has 1 aliphatic rings. The van der Waals surface area contributed by atoms with Crippen molar-refractivity contribution in [3.63, 3.8) is 0 Å². The van der Waals surface area contributed by atoms with Gasteiger partial charge in [-0.1, -0.05) is 22.0 Å². The van der Waals surface area contributed by atoms with E-state index >= 15 is 0 Å². The number of benzene rings is 2. The van der Waals surface area contributed by atoms with Crippen molar-refractivity contribution in [1.82, 2.24) is 5.32 Å². The molecule has 6 heteroatoms. The van der Waals surface area contributed by atoms with Crippen LogP contribution in [0.25, 0.3) is 0 Å². The number of halogens is 2. The summed E-state index contributed by atoms with van der Waals surface area (Å²) >= 11 is 3.48. The summed E-state index contributed by atoms with van der Waals surface area (Å²) in [6, 6.07) is 11.1. The molecule has 1 atom stereocenters. The molecule has 0 aromatic heterocycles. The molecule has 3 rings (SSSR count). The van der Waals surface area contributed by atoms with Gasteiger partial charge in [0.05, 0.1) is 6.04 Å². The molecule has 0 aliphatic carbocycles. The summed E-state index contributed by atoms with van der Waals surface area (Å²) in [6.45, 7) is 5.98. The Morgan fingerprint density at radius 1 is 1.32 bits per heavy atom. The number of ether oxygens (including phenoxy) is 1. The summed E-state index contributed by atoms with van der Waals surface area (Å²) in [4.78, 5) is 12.8. The molecule has 1 unspecified atom stereocenters. The smallest absolute Gasteiger partial charge is 0.252 e. The molecule has 0 radical (unpaired) electrons. The molecule has 0 saturated carbocycles. The molecule has 0 fully saturated rings. The van der Waals surface area contributed by atoms with E-state index in [1.165, 1.54) is 0 Å². The number of carbonyl (C=O) groups excluding carboxylic acids is 1. The summed E-state index contributed by atoms with van der Waals surface area (Å²) in [5.74, 6) is 0.682. The monoisotopic (exact) mass is 424 g/mol. The van der Waals surface area contributed by atoms with Crippen LogP contribution in [0.15, 0.2) is 40.9 Å². The van der Waals surface area contributed by atoms with Gasteiger partial charge in [0.1, 0.15) is 11.4 Å². The lowest BCUT2D eigenvalue weighted by Gasteiger charge is -2.38. The highest BCUT2D eigenvalue weighted by atomic mass is 79.9. The quantitative estimate of drug-likeness (QED) is 0.680. The third kappa shape index (κ3) is 4.10. The van der Waals surface area contributed by atoms with Crippen molar-refractivity contribution in [3.8, 4) is 5.75 Å². The maximum Gasteiger partial charge on any atom is 0.252 e. The largest absolute Gasteiger partial charge is 0.487 e. The molecule has 2 aromatic rings. The third-order valence-electron chi connectivity index (χ3n) is 4.31. The topological polar surface area (TPSA) is 64.3 Å². The number of nitrogens with one attached hydrogen (secondary N) is 1. The first-order valence-electron chi connectivity index (χ1n) is 7.91. The average molecular weight is 426 g/mol. The van der Waals surface area contributed by atoms with Crippen LogP contribution in [0.2, 0.25) is 0 Å². The maximum atomic E-state index is 12.8. The van der Waals surface area contributed by atoms with Gasteiger partial charge >= 0.3 is 0 Å². The lowest BCUT2D eigenvalue weighted by Crippen LogP contribution is -2.41. The van der Waals surface area contributed by atoms with E-state index in [1.807, 2.05) is 57.2 Å². The fourth-order valence-electron chi connectivity index (χ4n) is 3.09.